The van der Waals surface area contributed by atoms with Gasteiger partial charge in [0.25, 0.3) is 0 Å². The number of carbonyl (C=O) groups excluding carboxylic acids is 1. The molecule has 24 heavy (non-hydrogen) atoms. The van der Waals surface area contributed by atoms with E-state index in [4.69, 9.17) is 4.74 Å². The SMILES string of the molecule is COc1cccc(NC(=O)N2CCCCC[C@H]2c2ccc(C)s2)c1. The van der Waals surface area contributed by atoms with Gasteiger partial charge in [0.15, 0.2) is 0 Å². The smallest absolute Gasteiger partial charge is 0.322 e. The summed E-state index contributed by atoms with van der Waals surface area (Å²) >= 11 is 1.80. The standard InChI is InChI=1S/C19H24N2O2S/c1-14-10-11-18(24-14)17-9-4-3-5-12-21(17)19(22)20-15-7-6-8-16(13-15)23-2/h6-8,10-11,13,17H,3-5,9,12H2,1-2H3,(H,20,22)/t17-/m0/s1. The van der Waals surface area contributed by atoms with Crippen LogP contribution in [0, 0.1) is 6.92 Å². The van der Waals surface area contributed by atoms with Gasteiger partial charge >= 0.3 is 6.03 Å². The number of ether oxygens (including phenoxy) is 1. The van der Waals surface area contributed by atoms with E-state index in [-0.39, 0.29) is 12.1 Å². The molecule has 0 radical (unpaired) electrons. The van der Waals surface area contributed by atoms with Crippen molar-refractivity contribution >= 4 is 23.1 Å². The molecule has 1 aromatic heterocycles. The Morgan fingerprint density at radius 3 is 2.88 bits per heavy atom. The summed E-state index contributed by atoms with van der Waals surface area (Å²) in [5.41, 5.74) is 0.768. The molecule has 1 saturated heterocycles. The number of hydrogen-bond acceptors (Lipinski definition) is 3. The Balaban J connectivity index is 1.79. The van der Waals surface area contributed by atoms with Gasteiger partial charge in [-0.15, -0.1) is 11.3 Å². The number of rotatable bonds is 3. The van der Waals surface area contributed by atoms with Crippen molar-refractivity contribution in [2.45, 2.75) is 38.6 Å². The molecule has 128 valence electrons. The fraction of sp³-hybridized carbons (Fsp3) is 0.421. The van der Waals surface area contributed by atoms with E-state index in [0.29, 0.717) is 0 Å². The highest BCUT2D eigenvalue weighted by Crippen LogP contribution is 2.34. The highest BCUT2D eigenvalue weighted by Gasteiger charge is 2.27. The summed E-state index contributed by atoms with van der Waals surface area (Å²) in [6, 6.07) is 12.0. The predicted octanol–water partition coefficient (Wildman–Crippen LogP) is 5.21. The second-order valence-electron chi connectivity index (χ2n) is 6.17. The van der Waals surface area contributed by atoms with Crippen molar-refractivity contribution < 1.29 is 9.53 Å². The normalized spacial score (nSPS) is 18.1. The maximum Gasteiger partial charge on any atom is 0.322 e. The van der Waals surface area contributed by atoms with Crippen molar-refractivity contribution in [1.29, 1.82) is 0 Å². The minimum atomic E-state index is -0.0267. The molecule has 5 heteroatoms. The molecule has 4 nitrogen and oxygen atoms in total. The van der Waals surface area contributed by atoms with Crippen LogP contribution < -0.4 is 10.1 Å². The van der Waals surface area contributed by atoms with Crippen molar-refractivity contribution in [3.63, 3.8) is 0 Å². The summed E-state index contributed by atoms with van der Waals surface area (Å²) in [6.07, 6.45) is 4.45. The molecule has 0 spiro atoms. The first kappa shape index (κ1) is 16.8. The number of nitrogens with zero attached hydrogens (tertiary/aromatic N) is 1. The van der Waals surface area contributed by atoms with Gasteiger partial charge in [-0.3, -0.25) is 0 Å². The van der Waals surface area contributed by atoms with Gasteiger partial charge in [-0.1, -0.05) is 18.9 Å². The molecule has 2 aromatic rings. The van der Waals surface area contributed by atoms with Gasteiger partial charge < -0.3 is 15.0 Å². The third-order valence-electron chi connectivity index (χ3n) is 4.42. The monoisotopic (exact) mass is 344 g/mol. The van der Waals surface area contributed by atoms with Crippen LogP contribution in [-0.2, 0) is 0 Å². The van der Waals surface area contributed by atoms with E-state index in [1.165, 1.54) is 22.6 Å². The van der Waals surface area contributed by atoms with Crippen LogP contribution in [0.25, 0.3) is 0 Å². The zero-order chi connectivity index (χ0) is 16.9. The number of amides is 2. The number of anilines is 1. The lowest BCUT2D eigenvalue weighted by Gasteiger charge is -2.29. The first-order valence-electron chi connectivity index (χ1n) is 8.45. The molecule has 1 aliphatic heterocycles. The Labute approximate surface area is 147 Å². The van der Waals surface area contributed by atoms with Gasteiger partial charge in [0, 0.05) is 28.1 Å². The fourth-order valence-electron chi connectivity index (χ4n) is 3.18. The van der Waals surface area contributed by atoms with E-state index in [9.17, 15) is 4.79 Å². The predicted molar refractivity (Wildman–Crippen MR) is 99.0 cm³/mol. The topological polar surface area (TPSA) is 41.6 Å². The summed E-state index contributed by atoms with van der Waals surface area (Å²) in [7, 11) is 1.63. The number of methoxy groups -OCH3 is 1. The summed E-state index contributed by atoms with van der Waals surface area (Å²) in [5.74, 6) is 0.745. The van der Waals surface area contributed by atoms with Crippen LogP contribution in [0.4, 0.5) is 10.5 Å². The van der Waals surface area contributed by atoms with Gasteiger partial charge in [0.05, 0.1) is 13.2 Å². The average molecular weight is 344 g/mol. The molecule has 1 aromatic carbocycles. The Hall–Kier alpha value is -2.01. The third kappa shape index (κ3) is 3.90. The summed E-state index contributed by atoms with van der Waals surface area (Å²) in [6.45, 7) is 2.92. The number of benzene rings is 1. The molecule has 0 unspecified atom stereocenters. The Morgan fingerprint density at radius 2 is 2.12 bits per heavy atom. The summed E-state index contributed by atoms with van der Waals surface area (Å²) in [4.78, 5) is 17.5. The van der Waals surface area contributed by atoms with Gasteiger partial charge in [-0.05, 0) is 44.0 Å². The lowest BCUT2D eigenvalue weighted by molar-refractivity contribution is 0.190. The molecule has 2 heterocycles. The number of likely N-dealkylation sites (tertiary alicyclic amines) is 1. The summed E-state index contributed by atoms with van der Waals surface area (Å²) in [5, 5.41) is 3.03. The highest BCUT2D eigenvalue weighted by atomic mass is 32.1. The van der Waals surface area contributed by atoms with Crippen LogP contribution in [0.3, 0.4) is 0 Å². The fourth-order valence-corrected chi connectivity index (χ4v) is 4.20. The van der Waals surface area contributed by atoms with Crippen molar-refractivity contribution in [2.75, 3.05) is 19.0 Å². The maximum absolute atomic E-state index is 12.9. The van der Waals surface area contributed by atoms with Crippen molar-refractivity contribution in [3.05, 3.63) is 46.2 Å². The number of thiophene rings is 1. The Bertz CT molecular complexity index is 698. The highest BCUT2D eigenvalue weighted by molar-refractivity contribution is 7.12. The van der Waals surface area contributed by atoms with E-state index in [1.807, 2.05) is 29.2 Å². The number of urea groups is 1. The van der Waals surface area contributed by atoms with Crippen LogP contribution in [0.15, 0.2) is 36.4 Å². The summed E-state index contributed by atoms with van der Waals surface area (Å²) < 4.78 is 5.23. The van der Waals surface area contributed by atoms with E-state index in [2.05, 4.69) is 24.4 Å². The Kier molecular flexibility index (Phi) is 5.41. The number of aryl methyl sites for hydroxylation is 1. The van der Waals surface area contributed by atoms with E-state index >= 15 is 0 Å². The van der Waals surface area contributed by atoms with E-state index in [1.54, 1.807) is 18.4 Å². The van der Waals surface area contributed by atoms with Crippen LogP contribution in [0.5, 0.6) is 5.75 Å². The van der Waals surface area contributed by atoms with Gasteiger partial charge in [-0.25, -0.2) is 4.79 Å². The average Bonchev–Trinajstić information content (AvgIpc) is 2.87. The van der Waals surface area contributed by atoms with Crippen LogP contribution in [-0.4, -0.2) is 24.6 Å². The second-order valence-corrected chi connectivity index (χ2v) is 7.49. The van der Waals surface area contributed by atoms with Crippen LogP contribution >= 0.6 is 11.3 Å². The lowest BCUT2D eigenvalue weighted by atomic mass is 10.1. The molecular weight excluding hydrogens is 320 g/mol. The van der Waals surface area contributed by atoms with Gasteiger partial charge in [0.1, 0.15) is 5.75 Å². The molecule has 0 bridgehead atoms. The van der Waals surface area contributed by atoms with Crippen molar-refractivity contribution in [1.82, 2.24) is 4.90 Å². The minimum absolute atomic E-state index is 0.0267. The largest absolute Gasteiger partial charge is 0.497 e. The first-order valence-corrected chi connectivity index (χ1v) is 9.27. The zero-order valence-electron chi connectivity index (χ0n) is 14.2. The number of hydrogen-bond donors (Lipinski definition) is 1. The number of nitrogens with one attached hydrogen (secondary N) is 1. The quantitative estimate of drug-likeness (QED) is 0.830. The van der Waals surface area contributed by atoms with Crippen LogP contribution in [0.2, 0.25) is 0 Å². The van der Waals surface area contributed by atoms with Gasteiger partial charge in [-0.2, -0.15) is 0 Å². The minimum Gasteiger partial charge on any atom is -0.497 e. The zero-order valence-corrected chi connectivity index (χ0v) is 15.1. The Morgan fingerprint density at radius 1 is 1.25 bits per heavy atom. The molecule has 3 rings (SSSR count). The molecule has 1 N–H and O–H groups in total. The molecular formula is C19H24N2O2S. The van der Waals surface area contributed by atoms with Crippen molar-refractivity contribution in [2.24, 2.45) is 0 Å². The van der Waals surface area contributed by atoms with Crippen LogP contribution in [0.1, 0.15) is 41.5 Å². The van der Waals surface area contributed by atoms with Crippen molar-refractivity contribution in [3.8, 4) is 5.75 Å². The molecule has 0 aliphatic carbocycles. The van der Waals surface area contributed by atoms with E-state index < -0.39 is 0 Å². The molecule has 2 amide bonds. The number of carbonyl (C=O) groups is 1. The molecule has 1 aliphatic rings. The third-order valence-corrected chi connectivity index (χ3v) is 5.53. The molecule has 0 saturated carbocycles. The second kappa shape index (κ2) is 7.71. The lowest BCUT2D eigenvalue weighted by Crippen LogP contribution is -2.37. The van der Waals surface area contributed by atoms with Gasteiger partial charge in [0.2, 0.25) is 0 Å². The maximum atomic E-state index is 12.9. The molecule has 1 atom stereocenters. The molecule has 1 fully saturated rings. The first-order chi connectivity index (χ1) is 11.7. The van der Waals surface area contributed by atoms with E-state index in [0.717, 1.165) is 30.8 Å².